The second-order valence-corrected chi connectivity index (χ2v) is 6.82. The summed E-state index contributed by atoms with van der Waals surface area (Å²) >= 11 is 0. The Morgan fingerprint density at radius 1 is 1.06 bits per heavy atom. The maximum atomic E-state index is 12.6. The number of hydrogen-bond acceptors (Lipinski definition) is 4. The highest BCUT2D eigenvalue weighted by atomic mass is 16.5. The Morgan fingerprint density at radius 3 is 2.52 bits per heavy atom. The van der Waals surface area contributed by atoms with Gasteiger partial charge in [0.2, 0.25) is 0 Å². The van der Waals surface area contributed by atoms with Gasteiger partial charge >= 0.3 is 5.97 Å². The smallest absolute Gasteiger partial charge is 0.335 e. The minimum Gasteiger partial charge on any atom is -0.488 e. The number of nitriles is 1. The molecule has 154 valence electrons. The maximum Gasteiger partial charge on any atom is 0.335 e. The van der Waals surface area contributed by atoms with E-state index in [1.165, 1.54) is 24.3 Å². The number of rotatable bonds is 7. The molecule has 3 aromatic carbocycles. The molecule has 0 radical (unpaired) electrons. The highest BCUT2D eigenvalue weighted by molar-refractivity contribution is 6.10. The van der Waals surface area contributed by atoms with Gasteiger partial charge in [-0.25, -0.2) is 4.79 Å². The summed E-state index contributed by atoms with van der Waals surface area (Å²) < 4.78 is 5.90. The van der Waals surface area contributed by atoms with E-state index in [-0.39, 0.29) is 16.8 Å². The largest absolute Gasteiger partial charge is 0.488 e. The van der Waals surface area contributed by atoms with E-state index in [0.717, 1.165) is 11.1 Å². The number of para-hydroxylation sites is 1. The Bertz CT molecular complexity index is 1170. The fraction of sp³-hybridized carbons (Fsp3) is 0.0800. The number of benzene rings is 3. The number of carboxylic acid groups (broad SMARTS) is 1. The summed E-state index contributed by atoms with van der Waals surface area (Å²) in [5.41, 5.74) is 2.93. The molecule has 0 bridgehead atoms. The molecule has 6 nitrogen and oxygen atoms in total. The van der Waals surface area contributed by atoms with Gasteiger partial charge in [0.1, 0.15) is 24.0 Å². The number of carbonyl (C=O) groups excluding carboxylic acids is 1. The number of carboxylic acids is 1. The van der Waals surface area contributed by atoms with Crippen molar-refractivity contribution in [3.63, 3.8) is 0 Å². The van der Waals surface area contributed by atoms with E-state index >= 15 is 0 Å². The second kappa shape index (κ2) is 9.90. The number of ether oxygens (including phenoxy) is 1. The fourth-order valence-electron chi connectivity index (χ4n) is 2.81. The van der Waals surface area contributed by atoms with Crippen LogP contribution in [0.15, 0.2) is 78.4 Å². The minimum atomic E-state index is -1.10. The number of nitrogens with one attached hydrogen (secondary N) is 1. The molecule has 3 rings (SSSR count). The molecule has 2 N–H and O–H groups in total. The second-order valence-electron chi connectivity index (χ2n) is 6.82. The van der Waals surface area contributed by atoms with Crippen LogP contribution in [0, 0.1) is 18.3 Å². The minimum absolute atomic E-state index is 0.0372. The normalized spacial score (nSPS) is 10.8. The third-order valence-corrected chi connectivity index (χ3v) is 4.47. The van der Waals surface area contributed by atoms with Crippen molar-refractivity contribution >= 4 is 23.6 Å². The van der Waals surface area contributed by atoms with Gasteiger partial charge in [0.05, 0.1) is 5.56 Å². The number of carbonyl (C=O) groups is 2. The average molecular weight is 412 g/mol. The number of anilines is 1. The molecular weight excluding hydrogens is 392 g/mol. The zero-order valence-corrected chi connectivity index (χ0v) is 16.8. The summed E-state index contributed by atoms with van der Waals surface area (Å²) in [6, 6.07) is 22.8. The predicted molar refractivity (Wildman–Crippen MR) is 118 cm³/mol. The first-order valence-corrected chi connectivity index (χ1v) is 9.50. The molecule has 0 aliphatic rings. The van der Waals surface area contributed by atoms with Gasteiger partial charge in [-0.2, -0.15) is 5.26 Å². The summed E-state index contributed by atoms with van der Waals surface area (Å²) in [6.45, 7) is 2.36. The van der Waals surface area contributed by atoms with Gasteiger partial charge in [-0.3, -0.25) is 4.79 Å². The lowest BCUT2D eigenvalue weighted by atomic mass is 10.1. The Kier molecular flexibility index (Phi) is 6.82. The van der Waals surface area contributed by atoms with Crippen LogP contribution < -0.4 is 10.1 Å². The van der Waals surface area contributed by atoms with E-state index in [2.05, 4.69) is 5.32 Å². The average Bonchev–Trinajstić information content (AvgIpc) is 2.77. The van der Waals surface area contributed by atoms with Crippen LogP contribution in [-0.4, -0.2) is 17.0 Å². The number of aryl methyl sites for hydroxylation is 1. The molecule has 0 aromatic heterocycles. The SMILES string of the molecule is Cc1ccc(COc2ccccc2/C=C(/C#N)C(=O)Nc2cccc(C(=O)O)c2)cc1. The molecule has 31 heavy (non-hydrogen) atoms. The third kappa shape index (κ3) is 5.81. The Balaban J connectivity index is 1.78. The molecule has 3 aromatic rings. The summed E-state index contributed by atoms with van der Waals surface area (Å²) in [7, 11) is 0. The van der Waals surface area contributed by atoms with Gasteiger partial charge in [-0.1, -0.05) is 54.1 Å². The van der Waals surface area contributed by atoms with Crippen molar-refractivity contribution in [2.45, 2.75) is 13.5 Å². The van der Waals surface area contributed by atoms with Crippen LogP contribution in [-0.2, 0) is 11.4 Å². The van der Waals surface area contributed by atoms with Crippen LogP contribution in [0.2, 0.25) is 0 Å². The molecule has 0 spiro atoms. The van der Waals surface area contributed by atoms with Crippen LogP contribution in [0.4, 0.5) is 5.69 Å². The van der Waals surface area contributed by atoms with Gasteiger partial charge in [0.15, 0.2) is 0 Å². The highest BCUT2D eigenvalue weighted by Crippen LogP contribution is 2.23. The van der Waals surface area contributed by atoms with E-state index in [9.17, 15) is 14.9 Å². The standard InChI is InChI=1S/C25H20N2O4/c1-17-9-11-18(12-10-17)16-31-23-8-3-2-5-19(23)13-21(15-26)24(28)27-22-7-4-6-20(14-22)25(29)30/h2-14H,16H2,1H3,(H,27,28)(H,29,30)/b21-13-. The van der Waals surface area contributed by atoms with Gasteiger partial charge in [0, 0.05) is 11.3 Å². The number of nitrogens with zero attached hydrogens (tertiary/aromatic N) is 1. The summed E-state index contributed by atoms with van der Waals surface area (Å²) in [5.74, 6) is -1.21. The van der Waals surface area contributed by atoms with Crippen molar-refractivity contribution in [1.29, 1.82) is 5.26 Å². The summed E-state index contributed by atoms with van der Waals surface area (Å²) in [5, 5.41) is 21.1. The molecule has 0 aliphatic carbocycles. The van der Waals surface area contributed by atoms with Crippen molar-refractivity contribution < 1.29 is 19.4 Å². The van der Waals surface area contributed by atoms with Crippen molar-refractivity contribution in [2.75, 3.05) is 5.32 Å². The Morgan fingerprint density at radius 2 is 1.81 bits per heavy atom. The molecule has 0 aliphatic heterocycles. The highest BCUT2D eigenvalue weighted by Gasteiger charge is 2.12. The lowest BCUT2D eigenvalue weighted by molar-refractivity contribution is -0.112. The van der Waals surface area contributed by atoms with Gasteiger partial charge in [-0.05, 0) is 42.8 Å². The van der Waals surface area contributed by atoms with Crippen LogP contribution in [0.3, 0.4) is 0 Å². The van der Waals surface area contributed by atoms with E-state index in [0.29, 0.717) is 17.9 Å². The van der Waals surface area contributed by atoms with Crippen LogP contribution >= 0.6 is 0 Å². The molecular formula is C25H20N2O4. The van der Waals surface area contributed by atoms with E-state index in [1.807, 2.05) is 43.3 Å². The van der Waals surface area contributed by atoms with E-state index < -0.39 is 11.9 Å². The topological polar surface area (TPSA) is 99.4 Å². The van der Waals surface area contributed by atoms with Crippen molar-refractivity contribution in [3.8, 4) is 11.8 Å². The van der Waals surface area contributed by atoms with Crippen molar-refractivity contribution in [2.24, 2.45) is 0 Å². The van der Waals surface area contributed by atoms with E-state index in [4.69, 9.17) is 9.84 Å². The zero-order valence-electron chi connectivity index (χ0n) is 16.8. The van der Waals surface area contributed by atoms with Crippen LogP contribution in [0.1, 0.15) is 27.0 Å². The monoisotopic (exact) mass is 412 g/mol. The Hall–Kier alpha value is -4.37. The molecule has 0 fully saturated rings. The molecule has 0 atom stereocenters. The lowest BCUT2D eigenvalue weighted by Crippen LogP contribution is -2.14. The summed E-state index contributed by atoms with van der Waals surface area (Å²) in [6.07, 6.45) is 1.45. The maximum absolute atomic E-state index is 12.6. The Labute approximate surface area is 180 Å². The van der Waals surface area contributed by atoms with Gasteiger partial charge in [0.25, 0.3) is 5.91 Å². The van der Waals surface area contributed by atoms with Crippen molar-refractivity contribution in [3.05, 3.63) is 101 Å². The van der Waals surface area contributed by atoms with Crippen LogP contribution in [0.25, 0.3) is 6.08 Å². The first kappa shape index (κ1) is 21.3. The quantitative estimate of drug-likeness (QED) is 0.428. The van der Waals surface area contributed by atoms with Gasteiger partial charge < -0.3 is 15.2 Å². The number of hydrogen-bond donors (Lipinski definition) is 2. The third-order valence-electron chi connectivity index (χ3n) is 4.47. The molecule has 1 amide bonds. The predicted octanol–water partition coefficient (Wildman–Crippen LogP) is 4.82. The molecule has 6 heteroatoms. The first-order chi connectivity index (χ1) is 15.0. The van der Waals surface area contributed by atoms with E-state index in [1.54, 1.807) is 24.3 Å². The number of amides is 1. The van der Waals surface area contributed by atoms with Crippen LogP contribution in [0.5, 0.6) is 5.75 Å². The van der Waals surface area contributed by atoms with Gasteiger partial charge in [-0.15, -0.1) is 0 Å². The molecule has 0 unspecified atom stereocenters. The number of aromatic carboxylic acids is 1. The van der Waals surface area contributed by atoms with Crippen molar-refractivity contribution in [1.82, 2.24) is 0 Å². The zero-order chi connectivity index (χ0) is 22.2. The molecule has 0 heterocycles. The molecule has 0 saturated carbocycles. The lowest BCUT2D eigenvalue weighted by Gasteiger charge is -2.10. The first-order valence-electron chi connectivity index (χ1n) is 9.50. The summed E-state index contributed by atoms with van der Waals surface area (Å²) in [4.78, 5) is 23.7. The molecule has 0 saturated heterocycles. The fourth-order valence-corrected chi connectivity index (χ4v) is 2.81.